The number of nitrogens with two attached hydrogens (primary N) is 6. The maximum Gasteiger partial charge on any atom is 2.00 e. The summed E-state index contributed by atoms with van der Waals surface area (Å²) >= 11 is 0. The van der Waals surface area contributed by atoms with Gasteiger partial charge < -0.3 is 129 Å². The van der Waals surface area contributed by atoms with Crippen molar-refractivity contribution in [3.63, 3.8) is 0 Å². The molecule has 0 aromatic carbocycles. The molecular formula is C14H36N14O16Pd3Pt. The predicted molar refractivity (Wildman–Crippen MR) is 154 cm³/mol. The van der Waals surface area contributed by atoms with E-state index in [1.165, 1.54) is 0 Å². The summed E-state index contributed by atoms with van der Waals surface area (Å²) in [6.07, 6.45) is 3.20. The van der Waals surface area contributed by atoms with Crippen molar-refractivity contribution in [1.29, 1.82) is 0 Å². The van der Waals surface area contributed by atoms with Crippen LogP contribution in [-0.2, 0) is 92.3 Å². The van der Waals surface area contributed by atoms with Crippen LogP contribution in [0.15, 0.2) is 48.8 Å². The second-order valence-corrected chi connectivity index (χ2v) is 4.85. The molecule has 0 bridgehead atoms. The van der Waals surface area contributed by atoms with E-state index in [0.29, 0.717) is 37.8 Å². The van der Waals surface area contributed by atoms with E-state index in [4.69, 9.17) is 90.8 Å². The molecule has 0 saturated carbocycles. The third-order valence-electron chi connectivity index (χ3n) is 1.86. The largest absolute Gasteiger partial charge is 2.00 e. The zero-order valence-corrected chi connectivity index (χ0v) is 30.6. The van der Waals surface area contributed by atoms with Gasteiger partial charge in [0.25, 0.3) is 0 Å². The number of quaternary nitrogens is 1. The quantitative estimate of drug-likeness (QED) is 0.0542. The van der Waals surface area contributed by atoms with Gasteiger partial charge in [-0.15, -0.1) is 0 Å². The molecule has 0 amide bonds. The van der Waals surface area contributed by atoms with Crippen molar-refractivity contribution in [2.75, 3.05) is 26.2 Å². The molecular weight excluding hydrogens is 1130 g/mol. The van der Waals surface area contributed by atoms with Crippen LogP contribution < -0.4 is 22.9 Å². The molecule has 1 aliphatic heterocycles. The Morgan fingerprint density at radius 1 is 0.604 bits per heavy atom. The van der Waals surface area contributed by atoms with Crippen LogP contribution in [-0.4, -0.2) is 73.0 Å². The number of hydrogen-bond acceptors (Lipinski definition) is 19. The van der Waals surface area contributed by atoms with Gasteiger partial charge in [0, 0.05) is 26.2 Å². The summed E-state index contributed by atoms with van der Waals surface area (Å²) in [6.45, 7) is 2.39. The van der Waals surface area contributed by atoms with E-state index in [9.17, 15) is 0 Å². The fraction of sp³-hybridized carbons (Fsp3) is 0.286. The molecule has 2 aromatic rings. The third kappa shape index (κ3) is 186. The average Bonchev–Trinajstić information content (AvgIpc) is 3.54. The second-order valence-electron chi connectivity index (χ2n) is 4.85. The van der Waals surface area contributed by atoms with Gasteiger partial charge in [-0.05, 0) is 5.14 Å². The van der Waals surface area contributed by atoms with Crippen molar-refractivity contribution in [3.8, 4) is 0 Å². The van der Waals surface area contributed by atoms with Gasteiger partial charge in [0.05, 0.1) is 25.2 Å². The minimum Gasteiger partial charge on any atom is -0.693 e. The summed E-state index contributed by atoms with van der Waals surface area (Å²) < 4.78 is 0. The van der Waals surface area contributed by atoms with Gasteiger partial charge in [-0.3, -0.25) is 0 Å². The van der Waals surface area contributed by atoms with E-state index in [1.807, 2.05) is 0 Å². The first kappa shape index (κ1) is 90.8. The van der Waals surface area contributed by atoms with Crippen LogP contribution in [0.2, 0.25) is 0 Å². The average molecular weight is 1170 g/mol. The first-order valence-corrected chi connectivity index (χ1v) is 9.21. The standard InChI is InChI=1S/2C5H5N2.2C2H8N2.NO4.3NO3.2H2N.3H2O.3Pd.Pt/c2*6-5-3-1-2-4-7-5;2*3-1-2-4;2-1(3)4-5-1;3*2-1(3)4;;;;;;;;;/h2*1-4H,(H-,6,7);2*1-4H2;;;;;5*1H2;;;;/q2*-1;;;6*-1;;;;4*+2. The van der Waals surface area contributed by atoms with Crippen LogP contribution in [0.5, 0.6) is 0 Å². The van der Waals surface area contributed by atoms with Gasteiger partial charge in [-0.2, -0.15) is 0 Å². The van der Waals surface area contributed by atoms with Crippen molar-refractivity contribution in [3.05, 3.63) is 129 Å². The Labute approximate surface area is 327 Å². The molecule has 0 radical (unpaired) electrons. The van der Waals surface area contributed by atoms with Gasteiger partial charge >= 0.3 is 82.3 Å². The van der Waals surface area contributed by atoms with E-state index in [0.717, 1.165) is 0 Å². The van der Waals surface area contributed by atoms with E-state index in [1.54, 1.807) is 48.8 Å². The SMILES string of the molecule is NCCN.NCCN.O.O.O.O=[N+]([O-])[O-].O=[N+]([O-])[O-].O=[N+]([O-])[O-].[NH-]c1ccccn1.[NH-]c1ccccn1.[NH2-].[NH2-].[O-][N+]1([O-])OO1.[Pd+2].[Pd+2].[Pd+2].[Pt+2]. The van der Waals surface area contributed by atoms with Gasteiger partial charge in [0.1, 0.15) is 0 Å². The molecule has 30 nitrogen and oxygen atoms in total. The van der Waals surface area contributed by atoms with Crippen LogP contribution in [0, 0.1) is 56.4 Å². The molecule has 0 atom stereocenters. The van der Waals surface area contributed by atoms with Gasteiger partial charge in [0.15, 0.2) is 0 Å². The Kier molecular flexibility index (Phi) is 134. The van der Waals surface area contributed by atoms with E-state index >= 15 is 0 Å². The third-order valence-corrected chi connectivity index (χ3v) is 1.86. The molecule has 0 spiro atoms. The van der Waals surface area contributed by atoms with Crippen molar-refractivity contribution < 1.29 is 129 Å². The molecule has 3 rings (SSSR count). The Hall–Kier alpha value is -2.38. The maximum atomic E-state index is 9.15. The van der Waals surface area contributed by atoms with E-state index in [-0.39, 0.29) is 111 Å². The Bertz CT molecular complexity index is 748. The van der Waals surface area contributed by atoms with Crippen LogP contribution in [0.25, 0.3) is 23.8 Å². The van der Waals surface area contributed by atoms with Crippen LogP contribution in [0.1, 0.15) is 0 Å². The second kappa shape index (κ2) is 70.8. The summed E-state index contributed by atoms with van der Waals surface area (Å²) in [5, 5.41) is 60.3. The maximum absolute atomic E-state index is 9.15. The Balaban J connectivity index is -0.0000000226. The van der Waals surface area contributed by atoms with Crippen molar-refractivity contribution >= 4 is 11.6 Å². The molecule has 0 aliphatic carbocycles. The zero-order chi connectivity index (χ0) is 31.7. The normalized spacial score (nSPS) is 8.38. The number of nitrogens with zero attached hydrogens (tertiary/aromatic N) is 6. The Morgan fingerprint density at radius 2 is 0.771 bits per heavy atom. The smallest absolute Gasteiger partial charge is 0.693 e. The summed E-state index contributed by atoms with van der Waals surface area (Å²) in [5.41, 5.74) is 33.4. The molecule has 20 N–H and O–H groups in total. The number of hydrogen-bond donors (Lipinski definition) is 4. The minimum atomic E-state index is -2.25. The summed E-state index contributed by atoms with van der Waals surface area (Å²) in [4.78, 5) is 38.5. The van der Waals surface area contributed by atoms with Crippen LogP contribution in [0.4, 0.5) is 11.6 Å². The molecule has 1 saturated heterocycles. The molecule has 34 heteroatoms. The molecule has 1 fully saturated rings. The number of nitrogens with one attached hydrogen (secondary N) is 2. The van der Waals surface area contributed by atoms with Crippen LogP contribution >= 0.6 is 0 Å². The van der Waals surface area contributed by atoms with E-state index in [2.05, 4.69) is 19.9 Å². The fourth-order valence-electron chi connectivity index (χ4n) is 0.753. The first-order chi connectivity index (χ1) is 18.0. The Morgan fingerprint density at radius 3 is 0.812 bits per heavy atom. The molecule has 3 heterocycles. The van der Waals surface area contributed by atoms with Crippen molar-refractivity contribution in [2.24, 2.45) is 22.9 Å². The van der Waals surface area contributed by atoms with Crippen molar-refractivity contribution in [2.45, 2.75) is 0 Å². The predicted octanol–water partition coefficient (Wildman–Crippen LogP) is -0.838. The summed E-state index contributed by atoms with van der Waals surface area (Å²) in [6, 6.07) is 10.4. The first-order valence-electron chi connectivity index (χ1n) is 9.21. The molecule has 2 aromatic heterocycles. The van der Waals surface area contributed by atoms with Gasteiger partial charge in [-0.1, -0.05) is 60.4 Å². The van der Waals surface area contributed by atoms with Crippen molar-refractivity contribution in [1.82, 2.24) is 9.97 Å². The summed E-state index contributed by atoms with van der Waals surface area (Å²) in [7, 11) is 0. The number of rotatable bonds is 2. The molecule has 48 heavy (non-hydrogen) atoms. The summed E-state index contributed by atoms with van der Waals surface area (Å²) in [5.74, 6) is 0.644. The monoisotopic (exact) mass is 1170 g/mol. The minimum absolute atomic E-state index is 0. The molecule has 0 unspecified atom stereocenters. The number of aromatic nitrogens is 2. The zero-order valence-electron chi connectivity index (χ0n) is 23.7. The van der Waals surface area contributed by atoms with Gasteiger partial charge in [0.2, 0.25) is 0 Å². The molecule has 298 valence electrons. The topological polar surface area (TPSA) is 609 Å². The number of pyridine rings is 2. The van der Waals surface area contributed by atoms with Crippen LogP contribution in [0.3, 0.4) is 0 Å². The van der Waals surface area contributed by atoms with Gasteiger partial charge in [-0.25, -0.2) is 0 Å². The molecule has 1 aliphatic rings. The fourth-order valence-corrected chi connectivity index (χ4v) is 0.753. The van der Waals surface area contributed by atoms with E-state index < -0.39 is 20.4 Å².